The van der Waals surface area contributed by atoms with E-state index in [9.17, 15) is 0 Å². The van der Waals surface area contributed by atoms with Crippen molar-refractivity contribution in [1.82, 2.24) is 0 Å². The van der Waals surface area contributed by atoms with Gasteiger partial charge < -0.3 is 0 Å². The molecule has 0 unspecified atom stereocenters. The number of hydrogen-bond donors (Lipinski definition) is 0. The van der Waals surface area contributed by atoms with E-state index in [2.05, 4.69) is 25.8 Å². The Bertz CT molecular complexity index is 117. The molecule has 0 aliphatic rings. The van der Waals surface area contributed by atoms with E-state index >= 15 is 0 Å². The summed E-state index contributed by atoms with van der Waals surface area (Å²) >= 11 is 0. The highest BCUT2D eigenvalue weighted by atomic mass is 13.8. The molecule has 8 heavy (non-hydrogen) atoms. The van der Waals surface area contributed by atoms with Crippen molar-refractivity contribution in [3.8, 4) is 0 Å². The maximum absolute atomic E-state index is 3.53. The first-order valence-corrected chi connectivity index (χ1v) is 2.34. The summed E-state index contributed by atoms with van der Waals surface area (Å²) in [4.78, 5) is 0. The Morgan fingerprint density at radius 3 is 1.75 bits per heavy atom. The second kappa shape index (κ2) is 4.13. The van der Waals surface area contributed by atoms with Crippen molar-refractivity contribution in [1.29, 1.82) is 0 Å². The van der Waals surface area contributed by atoms with Crippen LogP contribution in [0, 0.1) is 6.08 Å². The van der Waals surface area contributed by atoms with Gasteiger partial charge in [0.05, 0.1) is 0 Å². The molecule has 0 aromatic heterocycles. The molecule has 0 heterocycles. The standard InChI is InChI=1S/C8H9/c1-4-7-8(5-2)6-3/h4-6H,1-3H2. The van der Waals surface area contributed by atoms with E-state index < -0.39 is 0 Å². The van der Waals surface area contributed by atoms with E-state index in [0.717, 1.165) is 5.57 Å². The molecule has 1 radical (unpaired) electrons. The highest BCUT2D eigenvalue weighted by Gasteiger charge is 1.74. The van der Waals surface area contributed by atoms with Crippen molar-refractivity contribution in [2.45, 2.75) is 0 Å². The van der Waals surface area contributed by atoms with Gasteiger partial charge >= 0.3 is 0 Å². The molecule has 0 rings (SSSR count). The Hall–Kier alpha value is -1.04. The van der Waals surface area contributed by atoms with Crippen LogP contribution >= 0.6 is 0 Å². The van der Waals surface area contributed by atoms with Crippen LogP contribution < -0.4 is 0 Å². The third-order valence-corrected chi connectivity index (χ3v) is 0.709. The lowest BCUT2D eigenvalue weighted by molar-refractivity contribution is 1.68. The van der Waals surface area contributed by atoms with E-state index in [1.807, 2.05) is 0 Å². The summed E-state index contributed by atoms with van der Waals surface area (Å²) in [5, 5.41) is 0. The fourth-order valence-corrected chi connectivity index (χ4v) is 0.319. The average Bonchev–Trinajstić information content (AvgIpc) is 1.83. The van der Waals surface area contributed by atoms with Crippen molar-refractivity contribution in [2.24, 2.45) is 0 Å². The number of rotatable bonds is 3. The first-order chi connectivity index (χ1) is 3.85. The van der Waals surface area contributed by atoms with Crippen molar-refractivity contribution in [3.05, 3.63) is 49.6 Å². The third-order valence-electron chi connectivity index (χ3n) is 0.709. The molecule has 0 saturated carbocycles. The molecule has 0 saturated heterocycles. The lowest BCUT2D eigenvalue weighted by atomic mass is 10.2. The van der Waals surface area contributed by atoms with Gasteiger partial charge in [0.25, 0.3) is 0 Å². The molecule has 41 valence electrons. The minimum atomic E-state index is 0.875. The second-order valence-corrected chi connectivity index (χ2v) is 1.21. The number of hydrogen-bond acceptors (Lipinski definition) is 0. The first-order valence-electron chi connectivity index (χ1n) is 2.34. The fraction of sp³-hybridized carbons (Fsp3) is 0. The zero-order valence-corrected chi connectivity index (χ0v) is 4.85. The van der Waals surface area contributed by atoms with Crippen LogP contribution in [0.25, 0.3) is 0 Å². The summed E-state index contributed by atoms with van der Waals surface area (Å²) < 4.78 is 0. The zero-order valence-electron chi connectivity index (χ0n) is 4.85. The Kier molecular flexibility index (Phi) is 3.59. The van der Waals surface area contributed by atoms with Crippen LogP contribution in [0.2, 0.25) is 0 Å². The third kappa shape index (κ3) is 2.19. The zero-order chi connectivity index (χ0) is 6.41. The molecular weight excluding hydrogens is 96.1 g/mol. The van der Waals surface area contributed by atoms with Gasteiger partial charge in [-0.3, -0.25) is 0 Å². The lowest BCUT2D eigenvalue weighted by Crippen LogP contribution is -1.64. The van der Waals surface area contributed by atoms with Crippen LogP contribution in [-0.4, -0.2) is 0 Å². The molecule has 0 atom stereocenters. The fourth-order valence-electron chi connectivity index (χ4n) is 0.319. The molecule has 0 N–H and O–H groups in total. The van der Waals surface area contributed by atoms with Gasteiger partial charge in [0.1, 0.15) is 0 Å². The molecule has 0 nitrogen and oxygen atoms in total. The van der Waals surface area contributed by atoms with Gasteiger partial charge in [0.2, 0.25) is 0 Å². The predicted octanol–water partition coefficient (Wildman–Crippen LogP) is 2.27. The topological polar surface area (TPSA) is 0 Å². The van der Waals surface area contributed by atoms with Gasteiger partial charge in [-0.15, -0.1) is 0 Å². The molecule has 0 aliphatic heterocycles. The van der Waals surface area contributed by atoms with Crippen LogP contribution in [0.1, 0.15) is 0 Å². The largest absolute Gasteiger partial charge is 0.0984 e. The second-order valence-electron chi connectivity index (χ2n) is 1.21. The van der Waals surface area contributed by atoms with Gasteiger partial charge in [-0.1, -0.05) is 38.0 Å². The van der Waals surface area contributed by atoms with E-state index in [1.165, 1.54) is 0 Å². The van der Waals surface area contributed by atoms with Crippen LogP contribution in [0.4, 0.5) is 0 Å². The molecule has 0 aliphatic carbocycles. The quantitative estimate of drug-likeness (QED) is 0.483. The van der Waals surface area contributed by atoms with E-state index in [0.29, 0.717) is 0 Å². The summed E-state index contributed by atoms with van der Waals surface area (Å²) in [7, 11) is 0. The van der Waals surface area contributed by atoms with Gasteiger partial charge in [0.15, 0.2) is 0 Å². The summed E-state index contributed by atoms with van der Waals surface area (Å²) in [6, 6.07) is 0. The summed E-state index contributed by atoms with van der Waals surface area (Å²) in [6.45, 7) is 10.5. The normalized spacial score (nSPS) is 7.00. The SMILES string of the molecule is C=C[C]=C(C=C)C=C. The van der Waals surface area contributed by atoms with Crippen molar-refractivity contribution in [3.63, 3.8) is 0 Å². The highest BCUT2D eigenvalue weighted by molar-refractivity contribution is 5.26. The van der Waals surface area contributed by atoms with E-state index in [1.54, 1.807) is 18.2 Å². The minimum absolute atomic E-state index is 0.875. The van der Waals surface area contributed by atoms with Crippen LogP contribution in [0.5, 0.6) is 0 Å². The maximum Gasteiger partial charge on any atom is -0.0112 e. The molecule has 0 fully saturated rings. The predicted molar refractivity (Wildman–Crippen MR) is 37.3 cm³/mol. The molecule has 0 amide bonds. The van der Waals surface area contributed by atoms with Crippen molar-refractivity contribution >= 4 is 0 Å². The summed E-state index contributed by atoms with van der Waals surface area (Å²) in [5.74, 6) is 0. The monoisotopic (exact) mass is 105 g/mol. The Balaban J connectivity index is 4.05. The van der Waals surface area contributed by atoms with Gasteiger partial charge in [-0.05, 0) is 11.6 Å². The van der Waals surface area contributed by atoms with E-state index in [4.69, 9.17) is 0 Å². The molecular formula is C8H9. The van der Waals surface area contributed by atoms with Gasteiger partial charge in [0, 0.05) is 0 Å². The molecule has 0 spiro atoms. The van der Waals surface area contributed by atoms with Crippen LogP contribution in [0.3, 0.4) is 0 Å². The molecule has 0 heteroatoms. The van der Waals surface area contributed by atoms with Gasteiger partial charge in [-0.25, -0.2) is 0 Å². The molecule has 0 aromatic carbocycles. The Labute approximate surface area is 50.5 Å². The van der Waals surface area contributed by atoms with Crippen LogP contribution in [0.15, 0.2) is 43.5 Å². The Morgan fingerprint density at radius 2 is 1.62 bits per heavy atom. The highest BCUT2D eigenvalue weighted by Crippen LogP contribution is 1.93. The van der Waals surface area contributed by atoms with Gasteiger partial charge in [-0.2, -0.15) is 0 Å². The molecule has 0 bridgehead atoms. The number of allylic oxidation sites excluding steroid dienone is 5. The lowest BCUT2D eigenvalue weighted by Gasteiger charge is -1.82. The average molecular weight is 105 g/mol. The minimum Gasteiger partial charge on any atom is -0.0984 e. The van der Waals surface area contributed by atoms with E-state index in [-0.39, 0.29) is 0 Å². The summed E-state index contributed by atoms with van der Waals surface area (Å²) in [6.07, 6.45) is 7.76. The smallest absolute Gasteiger partial charge is 0.0112 e. The summed E-state index contributed by atoms with van der Waals surface area (Å²) in [5.41, 5.74) is 0.875. The first kappa shape index (κ1) is 6.96. The molecule has 0 aromatic rings. The van der Waals surface area contributed by atoms with Crippen LogP contribution in [-0.2, 0) is 0 Å². The van der Waals surface area contributed by atoms with Crippen molar-refractivity contribution in [2.75, 3.05) is 0 Å². The van der Waals surface area contributed by atoms with Crippen molar-refractivity contribution < 1.29 is 0 Å². The Morgan fingerprint density at radius 1 is 1.12 bits per heavy atom. The maximum atomic E-state index is 3.53.